The number of rotatable bonds is 6. The summed E-state index contributed by atoms with van der Waals surface area (Å²) in [6, 6.07) is 2.33. The molecule has 0 aliphatic rings. The number of hydrogen-bond donors (Lipinski definition) is 0. The van der Waals surface area contributed by atoms with Crippen molar-refractivity contribution < 1.29 is 22.1 Å². The van der Waals surface area contributed by atoms with Crippen LogP contribution in [0.4, 0.5) is 14.5 Å². The van der Waals surface area contributed by atoms with Gasteiger partial charge in [-0.05, 0) is 19.4 Å². The number of hydrogen-bond acceptors (Lipinski definition) is 4. The van der Waals surface area contributed by atoms with E-state index in [2.05, 4.69) is 0 Å². The fourth-order valence-electron chi connectivity index (χ4n) is 1.60. The number of nitrogens with zero attached hydrogens (tertiary/aromatic N) is 1. The molecule has 1 aromatic carbocycles. The van der Waals surface area contributed by atoms with Gasteiger partial charge in [-0.25, -0.2) is 17.2 Å². The Labute approximate surface area is 119 Å². The van der Waals surface area contributed by atoms with Crippen LogP contribution in [-0.4, -0.2) is 24.5 Å². The minimum Gasteiger partial charge on any atom is -0.258 e. The van der Waals surface area contributed by atoms with Crippen molar-refractivity contribution in [3.8, 4) is 0 Å². The van der Waals surface area contributed by atoms with E-state index in [1.54, 1.807) is 0 Å². The molecular formula is C11H12ClF2NO4S. The van der Waals surface area contributed by atoms with Gasteiger partial charge in [0.1, 0.15) is 0 Å². The van der Waals surface area contributed by atoms with Gasteiger partial charge in [0.15, 0.2) is 9.84 Å². The van der Waals surface area contributed by atoms with Crippen molar-refractivity contribution in [2.45, 2.75) is 29.9 Å². The number of non-ortho nitro benzene ring substituents is 1. The molecule has 0 aliphatic carbocycles. The highest BCUT2D eigenvalue weighted by Gasteiger charge is 2.30. The molecule has 0 heterocycles. The molecule has 20 heavy (non-hydrogen) atoms. The Morgan fingerprint density at radius 1 is 1.40 bits per heavy atom. The van der Waals surface area contributed by atoms with Gasteiger partial charge in [0.05, 0.1) is 15.1 Å². The quantitative estimate of drug-likeness (QED) is 0.456. The van der Waals surface area contributed by atoms with Crippen molar-refractivity contribution in [2.24, 2.45) is 0 Å². The molecule has 5 nitrogen and oxygen atoms in total. The molecule has 1 aromatic rings. The van der Waals surface area contributed by atoms with Gasteiger partial charge in [-0.1, -0.05) is 0 Å². The first-order chi connectivity index (χ1) is 9.21. The van der Waals surface area contributed by atoms with Crippen LogP contribution in [0, 0.1) is 10.1 Å². The molecule has 0 N–H and O–H groups in total. The van der Waals surface area contributed by atoms with E-state index >= 15 is 0 Å². The Balaban J connectivity index is 3.41. The topological polar surface area (TPSA) is 77.3 Å². The molecule has 0 fully saturated rings. The van der Waals surface area contributed by atoms with Crippen molar-refractivity contribution in [1.29, 1.82) is 0 Å². The zero-order chi connectivity index (χ0) is 15.5. The Morgan fingerprint density at radius 3 is 2.45 bits per heavy atom. The maximum absolute atomic E-state index is 12.9. The van der Waals surface area contributed by atoms with Crippen LogP contribution in [-0.2, 0) is 9.84 Å². The van der Waals surface area contributed by atoms with E-state index in [1.165, 1.54) is 6.92 Å². The van der Waals surface area contributed by atoms with E-state index in [-0.39, 0.29) is 12.3 Å². The summed E-state index contributed by atoms with van der Waals surface area (Å²) in [6.45, 7) is 1.36. The third-order valence-electron chi connectivity index (χ3n) is 2.79. The van der Waals surface area contributed by atoms with Gasteiger partial charge in [-0.15, -0.1) is 11.6 Å². The van der Waals surface area contributed by atoms with Gasteiger partial charge in [0.2, 0.25) is 0 Å². The molecule has 1 unspecified atom stereocenters. The molecular weight excluding hydrogens is 316 g/mol. The van der Waals surface area contributed by atoms with Crippen molar-refractivity contribution in [2.75, 3.05) is 5.88 Å². The van der Waals surface area contributed by atoms with Gasteiger partial charge in [0, 0.05) is 23.6 Å². The summed E-state index contributed by atoms with van der Waals surface area (Å²) in [5.74, 6) is 0.0669. The zero-order valence-electron chi connectivity index (χ0n) is 10.4. The van der Waals surface area contributed by atoms with E-state index in [0.717, 1.165) is 12.1 Å². The predicted molar refractivity (Wildman–Crippen MR) is 70.0 cm³/mol. The van der Waals surface area contributed by atoms with Gasteiger partial charge in [-0.3, -0.25) is 10.1 Å². The zero-order valence-corrected chi connectivity index (χ0v) is 12.0. The summed E-state index contributed by atoms with van der Waals surface area (Å²) in [7, 11) is -4.01. The molecule has 0 saturated carbocycles. The molecule has 0 spiro atoms. The summed E-state index contributed by atoms with van der Waals surface area (Å²) < 4.78 is 50.2. The first-order valence-corrected chi connectivity index (χ1v) is 7.66. The molecule has 0 bridgehead atoms. The second-order valence-corrected chi connectivity index (χ2v) is 6.83. The summed E-state index contributed by atoms with van der Waals surface area (Å²) in [5.41, 5.74) is -1.44. The van der Waals surface area contributed by atoms with Crippen LogP contribution < -0.4 is 0 Å². The smallest absolute Gasteiger partial charge is 0.258 e. The van der Waals surface area contributed by atoms with E-state index < -0.39 is 42.6 Å². The minimum atomic E-state index is -4.01. The normalized spacial score (nSPS) is 13.4. The molecule has 1 atom stereocenters. The number of alkyl halides is 3. The van der Waals surface area contributed by atoms with Crippen molar-refractivity contribution in [3.05, 3.63) is 33.9 Å². The Bertz CT molecular complexity index is 606. The van der Waals surface area contributed by atoms with Crippen LogP contribution in [0.15, 0.2) is 23.1 Å². The molecule has 112 valence electrons. The third kappa shape index (κ3) is 3.43. The van der Waals surface area contributed by atoms with E-state index in [0.29, 0.717) is 6.07 Å². The second kappa shape index (κ2) is 6.45. The summed E-state index contributed by atoms with van der Waals surface area (Å²) in [6.07, 6.45) is -3.02. The standard InChI is InChI=1S/C11H12ClF2NO4S/c1-7(4-5-12)20(18,19)10-3-2-8(15(16)17)6-9(10)11(13)14/h2-3,6-7,11H,4-5H2,1H3. The Morgan fingerprint density at radius 2 is 2.00 bits per heavy atom. The maximum atomic E-state index is 12.9. The molecule has 0 aromatic heterocycles. The van der Waals surface area contributed by atoms with E-state index in [4.69, 9.17) is 11.6 Å². The van der Waals surface area contributed by atoms with Gasteiger partial charge < -0.3 is 0 Å². The highest BCUT2D eigenvalue weighted by Crippen LogP contribution is 2.32. The van der Waals surface area contributed by atoms with E-state index in [1.807, 2.05) is 0 Å². The average Bonchev–Trinajstić information content (AvgIpc) is 2.38. The SMILES string of the molecule is CC(CCCl)S(=O)(=O)c1ccc([N+](=O)[O-])cc1C(F)F. The fourth-order valence-corrected chi connectivity index (χ4v) is 3.66. The Kier molecular flexibility index (Phi) is 5.41. The lowest BCUT2D eigenvalue weighted by molar-refractivity contribution is -0.385. The second-order valence-electron chi connectivity index (χ2n) is 4.11. The molecule has 0 aliphatic heterocycles. The van der Waals surface area contributed by atoms with Gasteiger partial charge in [0.25, 0.3) is 12.1 Å². The molecule has 9 heteroatoms. The highest BCUT2D eigenvalue weighted by atomic mass is 35.5. The number of sulfone groups is 1. The van der Waals surface area contributed by atoms with Crippen molar-refractivity contribution in [1.82, 2.24) is 0 Å². The number of halogens is 3. The highest BCUT2D eigenvalue weighted by molar-refractivity contribution is 7.92. The molecule has 1 rings (SSSR count). The van der Waals surface area contributed by atoms with Crippen LogP contribution in [0.2, 0.25) is 0 Å². The summed E-state index contributed by atoms with van der Waals surface area (Å²) in [4.78, 5) is 9.12. The number of nitro groups is 1. The minimum absolute atomic E-state index is 0.0669. The van der Waals surface area contributed by atoms with Gasteiger partial charge in [-0.2, -0.15) is 0 Å². The largest absolute Gasteiger partial charge is 0.269 e. The third-order valence-corrected chi connectivity index (χ3v) is 5.29. The first-order valence-electron chi connectivity index (χ1n) is 5.58. The number of nitro benzene ring substituents is 1. The molecule has 0 saturated heterocycles. The Hall–Kier alpha value is -1.28. The lowest BCUT2D eigenvalue weighted by atomic mass is 10.2. The maximum Gasteiger partial charge on any atom is 0.269 e. The lowest BCUT2D eigenvalue weighted by Crippen LogP contribution is -2.20. The summed E-state index contributed by atoms with van der Waals surface area (Å²) in [5, 5.41) is 9.62. The van der Waals surface area contributed by atoms with Crippen molar-refractivity contribution >= 4 is 27.1 Å². The molecule has 0 radical (unpaired) electrons. The fraction of sp³-hybridized carbons (Fsp3) is 0.455. The predicted octanol–water partition coefficient (Wildman–Crippen LogP) is 3.32. The molecule has 0 amide bonds. The van der Waals surface area contributed by atoms with Crippen LogP contribution >= 0.6 is 11.6 Å². The first kappa shape index (κ1) is 16.8. The van der Waals surface area contributed by atoms with Gasteiger partial charge >= 0.3 is 0 Å². The monoisotopic (exact) mass is 327 g/mol. The van der Waals surface area contributed by atoms with E-state index in [9.17, 15) is 27.3 Å². The summed E-state index contributed by atoms with van der Waals surface area (Å²) >= 11 is 5.46. The van der Waals surface area contributed by atoms with Crippen LogP contribution in [0.1, 0.15) is 25.3 Å². The van der Waals surface area contributed by atoms with Crippen LogP contribution in [0.5, 0.6) is 0 Å². The number of benzene rings is 1. The van der Waals surface area contributed by atoms with Crippen LogP contribution in [0.3, 0.4) is 0 Å². The van der Waals surface area contributed by atoms with Crippen LogP contribution in [0.25, 0.3) is 0 Å². The lowest BCUT2D eigenvalue weighted by Gasteiger charge is -2.14. The average molecular weight is 328 g/mol. The van der Waals surface area contributed by atoms with Crippen molar-refractivity contribution in [3.63, 3.8) is 0 Å².